The number of anilines is 1. The quantitative estimate of drug-likeness (QED) is 0.845. The molecule has 2 aromatic rings. The molecule has 1 aromatic heterocycles. The van der Waals surface area contributed by atoms with Gasteiger partial charge in [-0.3, -0.25) is 0 Å². The van der Waals surface area contributed by atoms with Crippen molar-refractivity contribution >= 4 is 17.6 Å². The summed E-state index contributed by atoms with van der Waals surface area (Å²) in [4.78, 5) is 1.21. The van der Waals surface area contributed by atoms with Gasteiger partial charge in [0.15, 0.2) is 5.82 Å². The van der Waals surface area contributed by atoms with E-state index in [1.807, 2.05) is 16.8 Å². The maximum Gasteiger partial charge on any atom is 0.169 e. The molecular weight excluding hydrogens is 232 g/mol. The molecule has 2 N–H and O–H groups in total. The Bertz CT molecular complexity index is 507. The van der Waals surface area contributed by atoms with Gasteiger partial charge in [-0.25, -0.2) is 4.68 Å². The SMILES string of the molecule is CCCc1c(N)nnn1-c1cccc(SC)c1. The van der Waals surface area contributed by atoms with Crippen LogP contribution in [0.15, 0.2) is 29.2 Å². The molecule has 2 rings (SSSR count). The summed E-state index contributed by atoms with van der Waals surface area (Å²) in [5.74, 6) is 0.529. The second-order valence-corrected chi connectivity index (χ2v) is 4.66. The van der Waals surface area contributed by atoms with E-state index >= 15 is 0 Å². The number of nitrogen functional groups attached to an aromatic ring is 1. The minimum absolute atomic E-state index is 0.529. The van der Waals surface area contributed by atoms with Crippen LogP contribution in [0.5, 0.6) is 0 Å². The second kappa shape index (κ2) is 5.23. The molecule has 0 bridgehead atoms. The van der Waals surface area contributed by atoms with E-state index in [1.165, 1.54) is 4.90 Å². The first-order valence-electron chi connectivity index (χ1n) is 5.60. The minimum atomic E-state index is 0.529. The highest BCUT2D eigenvalue weighted by atomic mass is 32.2. The Morgan fingerprint density at radius 3 is 2.94 bits per heavy atom. The fraction of sp³-hybridized carbons (Fsp3) is 0.333. The van der Waals surface area contributed by atoms with Crippen molar-refractivity contribution in [3.05, 3.63) is 30.0 Å². The zero-order chi connectivity index (χ0) is 12.3. The van der Waals surface area contributed by atoms with Crippen LogP contribution in [-0.2, 0) is 6.42 Å². The lowest BCUT2D eigenvalue weighted by Crippen LogP contribution is -2.03. The molecule has 90 valence electrons. The molecule has 0 fully saturated rings. The molecule has 0 saturated carbocycles. The lowest BCUT2D eigenvalue weighted by Gasteiger charge is -2.06. The second-order valence-electron chi connectivity index (χ2n) is 3.78. The van der Waals surface area contributed by atoms with Crippen LogP contribution >= 0.6 is 11.8 Å². The number of thioether (sulfide) groups is 1. The zero-order valence-corrected chi connectivity index (χ0v) is 10.9. The first kappa shape index (κ1) is 12.0. The molecule has 0 aliphatic carbocycles. The van der Waals surface area contributed by atoms with Gasteiger partial charge in [0.05, 0.1) is 11.4 Å². The molecule has 0 aliphatic rings. The molecule has 0 amide bonds. The van der Waals surface area contributed by atoms with Gasteiger partial charge in [-0.15, -0.1) is 16.9 Å². The number of nitrogens with zero attached hydrogens (tertiary/aromatic N) is 3. The summed E-state index contributed by atoms with van der Waals surface area (Å²) in [6.07, 6.45) is 3.98. The third-order valence-electron chi connectivity index (χ3n) is 2.58. The van der Waals surface area contributed by atoms with Gasteiger partial charge in [-0.1, -0.05) is 24.6 Å². The summed E-state index contributed by atoms with van der Waals surface area (Å²) in [7, 11) is 0. The fourth-order valence-corrected chi connectivity index (χ4v) is 2.19. The fourth-order valence-electron chi connectivity index (χ4n) is 1.73. The van der Waals surface area contributed by atoms with Crippen LogP contribution in [0.3, 0.4) is 0 Å². The molecule has 17 heavy (non-hydrogen) atoms. The molecule has 4 nitrogen and oxygen atoms in total. The van der Waals surface area contributed by atoms with E-state index in [1.54, 1.807) is 11.8 Å². The van der Waals surface area contributed by atoms with Gasteiger partial charge in [0, 0.05) is 4.90 Å². The van der Waals surface area contributed by atoms with Gasteiger partial charge in [0.25, 0.3) is 0 Å². The summed E-state index contributed by atoms with van der Waals surface area (Å²) in [6.45, 7) is 2.12. The molecule has 0 unspecified atom stereocenters. The van der Waals surface area contributed by atoms with Crippen molar-refractivity contribution in [3.8, 4) is 5.69 Å². The molecule has 0 radical (unpaired) electrons. The highest BCUT2D eigenvalue weighted by Gasteiger charge is 2.10. The van der Waals surface area contributed by atoms with Gasteiger partial charge in [-0.2, -0.15) is 0 Å². The number of aromatic nitrogens is 3. The Morgan fingerprint density at radius 1 is 1.41 bits per heavy atom. The Hall–Kier alpha value is -1.49. The van der Waals surface area contributed by atoms with E-state index in [2.05, 4.69) is 35.6 Å². The molecule has 0 aliphatic heterocycles. The number of benzene rings is 1. The zero-order valence-electron chi connectivity index (χ0n) is 10.1. The lowest BCUT2D eigenvalue weighted by atomic mass is 10.2. The molecule has 0 spiro atoms. The number of hydrogen-bond acceptors (Lipinski definition) is 4. The molecule has 0 atom stereocenters. The van der Waals surface area contributed by atoms with Crippen molar-refractivity contribution in [3.63, 3.8) is 0 Å². The smallest absolute Gasteiger partial charge is 0.169 e. The number of hydrogen-bond donors (Lipinski definition) is 1. The summed E-state index contributed by atoms with van der Waals surface area (Å²) in [5.41, 5.74) is 7.85. The van der Waals surface area contributed by atoms with Gasteiger partial charge in [0.2, 0.25) is 0 Å². The first-order valence-corrected chi connectivity index (χ1v) is 6.83. The van der Waals surface area contributed by atoms with E-state index in [0.29, 0.717) is 5.82 Å². The third-order valence-corrected chi connectivity index (χ3v) is 3.30. The highest BCUT2D eigenvalue weighted by Crippen LogP contribution is 2.21. The Morgan fingerprint density at radius 2 is 2.24 bits per heavy atom. The largest absolute Gasteiger partial charge is 0.381 e. The van der Waals surface area contributed by atoms with Gasteiger partial charge < -0.3 is 5.73 Å². The predicted molar refractivity (Wildman–Crippen MR) is 71.5 cm³/mol. The first-order chi connectivity index (χ1) is 8.26. The van der Waals surface area contributed by atoms with Crippen molar-refractivity contribution in [2.24, 2.45) is 0 Å². The van der Waals surface area contributed by atoms with Crippen molar-refractivity contribution in [2.75, 3.05) is 12.0 Å². The predicted octanol–water partition coefficient (Wildman–Crippen LogP) is 2.52. The van der Waals surface area contributed by atoms with Crippen LogP contribution in [0.1, 0.15) is 19.0 Å². The molecular formula is C12H16N4S. The van der Waals surface area contributed by atoms with Crippen molar-refractivity contribution in [2.45, 2.75) is 24.7 Å². The maximum atomic E-state index is 5.84. The maximum absolute atomic E-state index is 5.84. The summed E-state index contributed by atoms with van der Waals surface area (Å²) >= 11 is 1.71. The van der Waals surface area contributed by atoms with E-state index in [4.69, 9.17) is 5.73 Å². The number of nitrogens with two attached hydrogens (primary N) is 1. The summed E-state index contributed by atoms with van der Waals surface area (Å²) < 4.78 is 1.83. The minimum Gasteiger partial charge on any atom is -0.381 e. The monoisotopic (exact) mass is 248 g/mol. The van der Waals surface area contributed by atoms with E-state index in [-0.39, 0.29) is 0 Å². The van der Waals surface area contributed by atoms with Crippen LogP contribution in [-0.4, -0.2) is 21.2 Å². The molecule has 1 heterocycles. The Kier molecular flexibility index (Phi) is 3.68. The summed E-state index contributed by atoms with van der Waals surface area (Å²) in [5, 5.41) is 8.06. The van der Waals surface area contributed by atoms with Gasteiger partial charge in [-0.05, 0) is 30.9 Å². The standard InChI is InChI=1S/C12H16N4S/c1-3-5-11-12(13)14-15-16(11)9-6-4-7-10(8-9)17-2/h4,6-8H,3,5,13H2,1-2H3. The molecule has 1 aromatic carbocycles. The topological polar surface area (TPSA) is 56.7 Å². The van der Waals surface area contributed by atoms with Crippen LogP contribution in [0, 0.1) is 0 Å². The van der Waals surface area contributed by atoms with Gasteiger partial charge >= 0.3 is 0 Å². The van der Waals surface area contributed by atoms with Crippen LogP contribution in [0.2, 0.25) is 0 Å². The average Bonchev–Trinajstić information content (AvgIpc) is 2.72. The van der Waals surface area contributed by atoms with Crippen LogP contribution in [0.25, 0.3) is 5.69 Å². The van der Waals surface area contributed by atoms with E-state index < -0.39 is 0 Å². The summed E-state index contributed by atoms with van der Waals surface area (Å²) in [6, 6.07) is 8.22. The third kappa shape index (κ3) is 2.44. The van der Waals surface area contributed by atoms with Gasteiger partial charge in [0.1, 0.15) is 0 Å². The number of rotatable bonds is 4. The van der Waals surface area contributed by atoms with Crippen LogP contribution < -0.4 is 5.73 Å². The van der Waals surface area contributed by atoms with Crippen LogP contribution in [0.4, 0.5) is 5.82 Å². The van der Waals surface area contributed by atoms with Crippen molar-refractivity contribution in [1.29, 1.82) is 0 Å². The normalized spacial score (nSPS) is 10.7. The lowest BCUT2D eigenvalue weighted by molar-refractivity contribution is 0.744. The van der Waals surface area contributed by atoms with E-state index in [9.17, 15) is 0 Å². The molecule has 0 saturated heterocycles. The van der Waals surface area contributed by atoms with E-state index in [0.717, 1.165) is 24.2 Å². The van der Waals surface area contributed by atoms with Crippen molar-refractivity contribution < 1.29 is 0 Å². The molecule has 5 heteroatoms. The highest BCUT2D eigenvalue weighted by molar-refractivity contribution is 7.98. The Balaban J connectivity index is 2.44. The van der Waals surface area contributed by atoms with Crippen molar-refractivity contribution in [1.82, 2.24) is 15.0 Å². The Labute approximate surface area is 105 Å². The average molecular weight is 248 g/mol.